The molecule has 0 bridgehead atoms. The van der Waals surface area contributed by atoms with E-state index >= 15 is 0 Å². The number of carbonyl (C=O) groups is 1. The van der Waals surface area contributed by atoms with Gasteiger partial charge in [-0.3, -0.25) is 4.79 Å². The van der Waals surface area contributed by atoms with Crippen molar-refractivity contribution in [2.75, 3.05) is 5.73 Å². The fourth-order valence-corrected chi connectivity index (χ4v) is 1.31. The Morgan fingerprint density at radius 1 is 1.50 bits per heavy atom. The van der Waals surface area contributed by atoms with Gasteiger partial charge in [-0.2, -0.15) is 0 Å². The van der Waals surface area contributed by atoms with Crippen molar-refractivity contribution in [3.63, 3.8) is 0 Å². The van der Waals surface area contributed by atoms with Gasteiger partial charge in [-0.15, -0.1) is 5.10 Å². The maximum atomic E-state index is 11.0. The number of rotatable bonds is 2. The van der Waals surface area contributed by atoms with Crippen LogP contribution in [-0.2, 0) is 0 Å². The third-order valence-corrected chi connectivity index (χ3v) is 2.25. The van der Waals surface area contributed by atoms with E-state index in [9.17, 15) is 4.79 Å². The molecule has 0 saturated carbocycles. The Labute approximate surface area is 95.8 Å². The van der Waals surface area contributed by atoms with E-state index in [-0.39, 0.29) is 5.82 Å². The van der Waals surface area contributed by atoms with Gasteiger partial charge in [0.1, 0.15) is 5.02 Å². The van der Waals surface area contributed by atoms with Crippen molar-refractivity contribution in [2.24, 2.45) is 5.73 Å². The molecule has 0 radical (unpaired) electrons. The number of anilines is 1. The monoisotopic (exact) mass is 237 g/mol. The fraction of sp³-hybridized carbons (Fsp3) is 0. The Bertz CT molecular complexity index is 531. The topological polar surface area (TPSA) is 99.8 Å². The second-order valence-electron chi connectivity index (χ2n) is 3.07. The van der Waals surface area contributed by atoms with Crippen LogP contribution in [0.5, 0.6) is 0 Å². The molecule has 0 unspecified atom stereocenters. The van der Waals surface area contributed by atoms with Crippen LogP contribution >= 0.6 is 11.6 Å². The van der Waals surface area contributed by atoms with Gasteiger partial charge in [0.15, 0.2) is 11.6 Å². The highest BCUT2D eigenvalue weighted by Crippen LogP contribution is 2.17. The summed E-state index contributed by atoms with van der Waals surface area (Å²) < 4.78 is 1.38. The highest BCUT2D eigenvalue weighted by molar-refractivity contribution is 6.32. The largest absolute Gasteiger partial charge is 0.381 e. The number of primary amides is 1. The van der Waals surface area contributed by atoms with E-state index in [1.165, 1.54) is 29.2 Å². The van der Waals surface area contributed by atoms with Gasteiger partial charge in [-0.1, -0.05) is 11.6 Å². The number of amides is 1. The second kappa shape index (κ2) is 3.82. The minimum Gasteiger partial charge on any atom is -0.381 e. The van der Waals surface area contributed by atoms with E-state index in [0.717, 1.165) is 0 Å². The molecule has 0 atom stereocenters. The summed E-state index contributed by atoms with van der Waals surface area (Å²) in [5.41, 5.74) is 11.0. The van der Waals surface area contributed by atoms with E-state index < -0.39 is 5.91 Å². The van der Waals surface area contributed by atoms with Crippen LogP contribution in [0.1, 0.15) is 10.4 Å². The van der Waals surface area contributed by atoms with Crippen molar-refractivity contribution in [1.82, 2.24) is 14.8 Å². The molecule has 0 saturated heterocycles. The average molecular weight is 238 g/mol. The third kappa shape index (κ3) is 1.82. The summed E-state index contributed by atoms with van der Waals surface area (Å²) in [5.74, 6) is 0.0951. The molecule has 0 aliphatic carbocycles. The maximum Gasteiger partial charge on any atom is 0.248 e. The van der Waals surface area contributed by atoms with Crippen molar-refractivity contribution in [3.8, 4) is 5.82 Å². The number of pyridine rings is 1. The van der Waals surface area contributed by atoms with Crippen LogP contribution in [0.2, 0.25) is 5.02 Å². The Morgan fingerprint density at radius 3 is 2.81 bits per heavy atom. The summed E-state index contributed by atoms with van der Waals surface area (Å²) in [5, 5.41) is 4.25. The molecule has 0 aliphatic rings. The number of nitrogen functional groups attached to an aromatic ring is 1. The Balaban J connectivity index is 2.48. The van der Waals surface area contributed by atoms with Gasteiger partial charge in [0.05, 0.1) is 6.20 Å². The first-order valence-corrected chi connectivity index (χ1v) is 4.72. The van der Waals surface area contributed by atoms with Crippen LogP contribution in [-0.4, -0.2) is 20.7 Å². The smallest absolute Gasteiger partial charge is 0.248 e. The molecule has 2 rings (SSSR count). The summed E-state index contributed by atoms with van der Waals surface area (Å²) in [6, 6.07) is 3.02. The predicted octanol–water partition coefficient (Wildman–Crippen LogP) is 0.602. The zero-order valence-electron chi connectivity index (χ0n) is 8.09. The molecular weight excluding hydrogens is 230 g/mol. The minimum absolute atomic E-state index is 0.202. The van der Waals surface area contributed by atoms with Crippen LogP contribution in [0.4, 0.5) is 5.82 Å². The summed E-state index contributed by atoms with van der Waals surface area (Å²) in [6.45, 7) is 0. The quantitative estimate of drug-likeness (QED) is 0.799. The van der Waals surface area contributed by atoms with E-state index in [1.807, 2.05) is 0 Å². The molecule has 82 valence electrons. The van der Waals surface area contributed by atoms with Crippen molar-refractivity contribution in [3.05, 3.63) is 35.1 Å². The molecule has 2 aromatic rings. The van der Waals surface area contributed by atoms with E-state index in [2.05, 4.69) is 10.1 Å². The first-order valence-electron chi connectivity index (χ1n) is 4.35. The highest BCUT2D eigenvalue weighted by atomic mass is 35.5. The van der Waals surface area contributed by atoms with E-state index in [4.69, 9.17) is 23.1 Å². The van der Waals surface area contributed by atoms with Gasteiger partial charge in [0.25, 0.3) is 0 Å². The summed E-state index contributed by atoms with van der Waals surface area (Å²) in [4.78, 5) is 15.0. The zero-order chi connectivity index (χ0) is 11.7. The molecule has 0 spiro atoms. The average Bonchev–Trinajstić information content (AvgIpc) is 2.59. The zero-order valence-corrected chi connectivity index (χ0v) is 8.85. The number of hydrogen-bond donors (Lipinski definition) is 2. The lowest BCUT2D eigenvalue weighted by Crippen LogP contribution is -2.12. The summed E-state index contributed by atoms with van der Waals surface area (Å²) >= 11 is 5.75. The van der Waals surface area contributed by atoms with Crippen LogP contribution < -0.4 is 11.5 Å². The molecule has 4 N–H and O–H groups in total. The van der Waals surface area contributed by atoms with Gasteiger partial charge in [0, 0.05) is 11.8 Å². The molecule has 0 aromatic carbocycles. The van der Waals surface area contributed by atoms with E-state index in [0.29, 0.717) is 16.4 Å². The SMILES string of the molecule is NC(=O)c1ccnc(-n2cc(Cl)c(N)n2)c1. The lowest BCUT2D eigenvalue weighted by Gasteiger charge is -2.00. The fourth-order valence-electron chi connectivity index (χ4n) is 1.18. The number of carbonyl (C=O) groups excluding carboxylic acids is 1. The van der Waals surface area contributed by atoms with Gasteiger partial charge in [-0.05, 0) is 12.1 Å². The Kier molecular flexibility index (Phi) is 2.49. The number of nitrogens with two attached hydrogens (primary N) is 2. The van der Waals surface area contributed by atoms with Gasteiger partial charge >= 0.3 is 0 Å². The molecule has 2 aromatic heterocycles. The second-order valence-corrected chi connectivity index (χ2v) is 3.48. The normalized spacial score (nSPS) is 10.3. The van der Waals surface area contributed by atoms with Gasteiger partial charge in [-0.25, -0.2) is 9.67 Å². The van der Waals surface area contributed by atoms with Crippen molar-refractivity contribution in [2.45, 2.75) is 0 Å². The summed E-state index contributed by atoms with van der Waals surface area (Å²) in [7, 11) is 0. The third-order valence-electron chi connectivity index (χ3n) is 1.96. The Morgan fingerprint density at radius 2 is 2.25 bits per heavy atom. The number of aromatic nitrogens is 3. The van der Waals surface area contributed by atoms with Crippen molar-refractivity contribution >= 4 is 23.3 Å². The van der Waals surface area contributed by atoms with Crippen LogP contribution in [0.25, 0.3) is 5.82 Å². The van der Waals surface area contributed by atoms with Crippen molar-refractivity contribution in [1.29, 1.82) is 0 Å². The lowest BCUT2D eigenvalue weighted by molar-refractivity contribution is 0.1000. The molecule has 16 heavy (non-hydrogen) atoms. The molecule has 7 heteroatoms. The maximum absolute atomic E-state index is 11.0. The van der Waals surface area contributed by atoms with Crippen molar-refractivity contribution < 1.29 is 4.79 Å². The molecule has 1 amide bonds. The van der Waals surface area contributed by atoms with Crippen LogP contribution in [0, 0.1) is 0 Å². The van der Waals surface area contributed by atoms with Crippen LogP contribution in [0.15, 0.2) is 24.5 Å². The summed E-state index contributed by atoms with van der Waals surface area (Å²) in [6.07, 6.45) is 2.96. The van der Waals surface area contributed by atoms with Gasteiger partial charge in [0.2, 0.25) is 5.91 Å². The number of halogens is 1. The van der Waals surface area contributed by atoms with E-state index in [1.54, 1.807) is 0 Å². The van der Waals surface area contributed by atoms with Crippen LogP contribution in [0.3, 0.4) is 0 Å². The minimum atomic E-state index is -0.533. The molecule has 2 heterocycles. The first kappa shape index (κ1) is 10.4. The molecule has 0 fully saturated rings. The number of nitrogens with zero attached hydrogens (tertiary/aromatic N) is 3. The molecule has 6 nitrogen and oxygen atoms in total. The predicted molar refractivity (Wildman–Crippen MR) is 59.3 cm³/mol. The highest BCUT2D eigenvalue weighted by Gasteiger charge is 2.07. The standard InChI is InChI=1S/C9H8ClN5O/c10-6-4-15(14-8(6)11)7-3-5(9(12)16)1-2-13-7/h1-4H,(H2,11,14)(H2,12,16). The lowest BCUT2D eigenvalue weighted by atomic mass is 10.2. The first-order chi connectivity index (χ1) is 7.58. The van der Waals surface area contributed by atoms with Gasteiger partial charge < -0.3 is 11.5 Å². The number of hydrogen-bond acceptors (Lipinski definition) is 4. The Hall–Kier alpha value is -2.08. The molecule has 0 aliphatic heterocycles. The molecular formula is C9H8ClN5O.